The molecule has 2 aromatic rings. The highest BCUT2D eigenvalue weighted by Crippen LogP contribution is 2.49. The van der Waals surface area contributed by atoms with Crippen LogP contribution in [0.2, 0.25) is 15.1 Å². The first-order chi connectivity index (χ1) is 17.9. The van der Waals surface area contributed by atoms with Crippen LogP contribution in [0.15, 0.2) is 40.9 Å². The smallest absolute Gasteiger partial charge is 0.348 e. The molecule has 0 radical (unpaired) electrons. The van der Waals surface area contributed by atoms with Gasteiger partial charge in [-0.3, -0.25) is 4.79 Å². The summed E-state index contributed by atoms with van der Waals surface area (Å²) in [4.78, 5) is 12.8. The summed E-state index contributed by atoms with van der Waals surface area (Å²) in [6.45, 7) is 1.65. The molecule has 3 atom stereocenters. The van der Waals surface area contributed by atoms with E-state index >= 15 is 0 Å². The quantitative estimate of drug-likeness (QED) is 0.201. The zero-order valence-electron chi connectivity index (χ0n) is 20.1. The first kappa shape index (κ1) is 32.1. The third-order valence-corrected chi connectivity index (χ3v) is 9.80. The highest BCUT2D eigenvalue weighted by molar-refractivity contribution is 9.10. The minimum Gasteiger partial charge on any atom is -0.348 e. The minimum absolute atomic E-state index is 0.0582. The first-order valence-corrected chi connectivity index (χ1v) is 15.3. The molecule has 3 rings (SSSR count). The van der Waals surface area contributed by atoms with Crippen LogP contribution in [-0.2, 0) is 9.84 Å². The molecule has 214 valence electrons. The average Bonchev–Trinajstić information content (AvgIpc) is 3.39. The summed E-state index contributed by atoms with van der Waals surface area (Å²) in [6.07, 6.45) is -2.76. The van der Waals surface area contributed by atoms with Gasteiger partial charge in [0, 0.05) is 22.9 Å². The van der Waals surface area contributed by atoms with Crippen LogP contribution in [0.5, 0.6) is 0 Å². The summed E-state index contributed by atoms with van der Waals surface area (Å²) in [7, 11) is -3.84. The highest BCUT2D eigenvalue weighted by atomic mass is 79.9. The van der Waals surface area contributed by atoms with Crippen LogP contribution in [0, 0.1) is 5.92 Å². The molecule has 1 aliphatic carbocycles. The van der Waals surface area contributed by atoms with E-state index in [-0.39, 0.29) is 37.1 Å². The first-order valence-electron chi connectivity index (χ1n) is 11.5. The number of hydrogen-bond acceptors (Lipinski definition) is 3. The van der Waals surface area contributed by atoms with Crippen LogP contribution in [-0.4, -0.2) is 44.0 Å². The summed E-state index contributed by atoms with van der Waals surface area (Å²) >= 11 is 20.9. The van der Waals surface area contributed by atoms with E-state index in [1.54, 1.807) is 6.92 Å². The molecular formula is C25H22BrCl3F5NO3S. The van der Waals surface area contributed by atoms with Crippen LogP contribution < -0.4 is 5.32 Å². The molecule has 1 aliphatic rings. The molecule has 2 aromatic carbocycles. The third-order valence-electron chi connectivity index (χ3n) is 6.13. The Bertz CT molecular complexity index is 1360. The van der Waals surface area contributed by atoms with Crippen molar-refractivity contribution in [2.75, 3.05) is 11.5 Å². The van der Waals surface area contributed by atoms with Gasteiger partial charge in [0.25, 0.3) is 11.8 Å². The second-order valence-corrected chi connectivity index (χ2v) is 13.4. The van der Waals surface area contributed by atoms with E-state index in [1.165, 1.54) is 24.3 Å². The molecule has 1 saturated carbocycles. The lowest BCUT2D eigenvalue weighted by molar-refractivity contribution is -0.139. The molecule has 0 bridgehead atoms. The van der Waals surface area contributed by atoms with Gasteiger partial charge >= 0.3 is 6.18 Å². The van der Waals surface area contributed by atoms with Crippen LogP contribution in [0.1, 0.15) is 47.2 Å². The lowest BCUT2D eigenvalue weighted by Gasteiger charge is -2.19. The van der Waals surface area contributed by atoms with Crippen molar-refractivity contribution < 1.29 is 35.2 Å². The van der Waals surface area contributed by atoms with E-state index in [1.807, 2.05) is 0 Å². The molecule has 2 unspecified atom stereocenters. The van der Waals surface area contributed by atoms with E-state index in [0.717, 1.165) is 18.2 Å². The predicted octanol–water partition coefficient (Wildman–Crippen LogP) is 8.35. The number of sulfone groups is 1. The van der Waals surface area contributed by atoms with Crippen LogP contribution in [0.4, 0.5) is 22.0 Å². The molecule has 4 nitrogen and oxygen atoms in total. The Balaban J connectivity index is 1.73. The van der Waals surface area contributed by atoms with Crippen LogP contribution in [0.25, 0.3) is 6.08 Å². The van der Waals surface area contributed by atoms with E-state index in [2.05, 4.69) is 21.2 Å². The van der Waals surface area contributed by atoms with Gasteiger partial charge in [0.1, 0.15) is 0 Å². The number of allylic oxidation sites excluding steroid dienone is 1. The maximum absolute atomic E-state index is 13.8. The fourth-order valence-corrected chi connectivity index (χ4v) is 7.08. The van der Waals surface area contributed by atoms with Crippen molar-refractivity contribution in [3.63, 3.8) is 0 Å². The number of carbonyl (C=O) groups is 1. The Morgan fingerprint density at radius 1 is 1.18 bits per heavy atom. The topological polar surface area (TPSA) is 63.2 Å². The fourth-order valence-electron chi connectivity index (χ4n) is 3.85. The number of nitrogens with one attached hydrogen (secondary N) is 1. The van der Waals surface area contributed by atoms with Crippen molar-refractivity contribution in [1.82, 2.24) is 5.32 Å². The fraction of sp³-hybridized carbons (Fsp3) is 0.400. The Kier molecular flexibility index (Phi) is 10.1. The van der Waals surface area contributed by atoms with Crippen LogP contribution >= 0.6 is 50.7 Å². The van der Waals surface area contributed by atoms with E-state index in [9.17, 15) is 35.2 Å². The van der Waals surface area contributed by atoms with Gasteiger partial charge in [0.2, 0.25) is 0 Å². The highest BCUT2D eigenvalue weighted by Gasteiger charge is 2.58. The average molecular weight is 698 g/mol. The molecule has 0 aliphatic heterocycles. The predicted molar refractivity (Wildman–Crippen MR) is 147 cm³/mol. The maximum Gasteiger partial charge on any atom is 0.399 e. The standard InChI is InChI=1S/C25H22BrCl3F5NO3S/c1-2-16(12-39(37,38)11-15-10-24(15,30)31)35-23(36)17-5-3-13(7-19(17)26)4-6-18(25(32,33)34)14-8-20(27)22(29)21(28)9-14/h3-9,15-16,18H,2,10-12H2,1H3,(H,35,36)/b6-4+/t15?,16-,18?/m1/s1. The summed E-state index contributed by atoms with van der Waals surface area (Å²) in [5.41, 5.74) is 0.235. The number of amides is 1. The molecule has 0 heterocycles. The van der Waals surface area contributed by atoms with E-state index < -0.39 is 63.6 Å². The Hall–Kier alpha value is -1.40. The van der Waals surface area contributed by atoms with Crippen molar-refractivity contribution in [1.29, 1.82) is 0 Å². The molecule has 14 heteroatoms. The molecule has 0 spiro atoms. The van der Waals surface area contributed by atoms with E-state index in [4.69, 9.17) is 34.8 Å². The molecule has 1 amide bonds. The number of carbonyl (C=O) groups excluding carboxylic acids is 1. The van der Waals surface area contributed by atoms with Crippen molar-refractivity contribution in [2.45, 2.75) is 43.8 Å². The van der Waals surface area contributed by atoms with Gasteiger partial charge in [0.05, 0.1) is 38.1 Å². The lowest BCUT2D eigenvalue weighted by atomic mass is 9.97. The number of halogens is 9. The maximum atomic E-state index is 13.8. The summed E-state index contributed by atoms with van der Waals surface area (Å²) in [5, 5.41) is 2.28. The number of hydrogen-bond donors (Lipinski definition) is 1. The molecule has 0 aromatic heterocycles. The largest absolute Gasteiger partial charge is 0.399 e. The monoisotopic (exact) mass is 695 g/mol. The zero-order chi connectivity index (χ0) is 29.3. The third kappa shape index (κ3) is 8.55. The summed E-state index contributed by atoms with van der Waals surface area (Å²) < 4.78 is 92.5. The van der Waals surface area contributed by atoms with Crippen molar-refractivity contribution in [2.24, 2.45) is 5.92 Å². The number of alkyl halides is 5. The number of rotatable bonds is 10. The second kappa shape index (κ2) is 12.2. The normalized spacial score (nSPS) is 18.7. The molecular weight excluding hydrogens is 676 g/mol. The van der Waals surface area contributed by atoms with Crippen molar-refractivity contribution >= 4 is 72.6 Å². The minimum atomic E-state index is -4.67. The van der Waals surface area contributed by atoms with Gasteiger partial charge in [0.15, 0.2) is 9.84 Å². The van der Waals surface area contributed by atoms with Gasteiger partial charge in [-0.05, 0) is 57.7 Å². The van der Waals surface area contributed by atoms with Gasteiger partial charge in [-0.2, -0.15) is 13.2 Å². The molecule has 0 saturated heterocycles. The summed E-state index contributed by atoms with van der Waals surface area (Å²) in [5.74, 6) is -7.98. The van der Waals surface area contributed by atoms with Gasteiger partial charge in [-0.15, -0.1) is 0 Å². The van der Waals surface area contributed by atoms with Gasteiger partial charge < -0.3 is 5.32 Å². The molecule has 1 N–H and O–H groups in total. The molecule has 39 heavy (non-hydrogen) atoms. The Morgan fingerprint density at radius 3 is 2.26 bits per heavy atom. The molecule has 1 fully saturated rings. The Labute approximate surface area is 245 Å². The summed E-state index contributed by atoms with van der Waals surface area (Å²) in [6, 6.07) is 5.56. The SMILES string of the molecule is CC[C@H](CS(=O)(=O)CC1CC1(F)F)NC(=O)c1ccc(/C=C/C(c2cc(Cl)c(Cl)c(Cl)c2)C(F)(F)F)cc1Br. The van der Waals surface area contributed by atoms with Crippen LogP contribution in [0.3, 0.4) is 0 Å². The van der Waals surface area contributed by atoms with E-state index in [0.29, 0.717) is 5.56 Å². The van der Waals surface area contributed by atoms with Gasteiger partial charge in [-0.1, -0.05) is 59.9 Å². The number of benzene rings is 2. The lowest BCUT2D eigenvalue weighted by Crippen LogP contribution is -2.40. The second-order valence-electron chi connectivity index (χ2n) is 9.23. The zero-order valence-corrected chi connectivity index (χ0v) is 24.8. The van der Waals surface area contributed by atoms with Crippen molar-refractivity contribution in [3.05, 3.63) is 72.6 Å². The van der Waals surface area contributed by atoms with Gasteiger partial charge in [-0.25, -0.2) is 17.2 Å². The Morgan fingerprint density at radius 2 is 1.77 bits per heavy atom. The van der Waals surface area contributed by atoms with Crippen molar-refractivity contribution in [3.8, 4) is 0 Å².